The molecule has 2 N–H and O–H groups in total. The molecular formula is C9H17N3. The van der Waals surface area contributed by atoms with Crippen molar-refractivity contribution in [3.8, 4) is 6.07 Å². The lowest BCUT2D eigenvalue weighted by Gasteiger charge is -2.36. The first kappa shape index (κ1) is 9.50. The summed E-state index contributed by atoms with van der Waals surface area (Å²) in [7, 11) is 4.10. The summed E-state index contributed by atoms with van der Waals surface area (Å²) in [4.78, 5) is 2.16. The fourth-order valence-corrected chi connectivity index (χ4v) is 1.82. The molecule has 1 aliphatic carbocycles. The zero-order valence-electron chi connectivity index (χ0n) is 7.88. The van der Waals surface area contributed by atoms with Crippen molar-refractivity contribution in [2.24, 2.45) is 5.73 Å². The van der Waals surface area contributed by atoms with E-state index >= 15 is 0 Å². The zero-order valence-corrected chi connectivity index (χ0v) is 7.88. The van der Waals surface area contributed by atoms with Gasteiger partial charge in [-0.05, 0) is 39.8 Å². The van der Waals surface area contributed by atoms with E-state index in [-0.39, 0.29) is 0 Å². The van der Waals surface area contributed by atoms with E-state index in [4.69, 9.17) is 11.0 Å². The molecule has 1 rings (SSSR count). The molecule has 0 aromatic carbocycles. The topological polar surface area (TPSA) is 53.0 Å². The third kappa shape index (κ3) is 1.96. The predicted molar refractivity (Wildman–Crippen MR) is 48.5 cm³/mol. The Labute approximate surface area is 74.1 Å². The smallest absolute Gasteiger partial charge is 0.105 e. The minimum Gasteiger partial charge on any atom is -0.313 e. The molecule has 0 heterocycles. The minimum atomic E-state index is -0.562. The number of rotatable bonds is 1. The van der Waals surface area contributed by atoms with Gasteiger partial charge in [0.15, 0.2) is 0 Å². The van der Waals surface area contributed by atoms with E-state index in [2.05, 4.69) is 11.0 Å². The van der Waals surface area contributed by atoms with Crippen LogP contribution in [0.3, 0.4) is 0 Å². The second kappa shape index (κ2) is 3.42. The zero-order chi connectivity index (χ0) is 9.19. The van der Waals surface area contributed by atoms with Gasteiger partial charge < -0.3 is 10.6 Å². The minimum absolute atomic E-state index is 0.489. The van der Waals surface area contributed by atoms with E-state index in [1.54, 1.807) is 0 Å². The van der Waals surface area contributed by atoms with Crippen molar-refractivity contribution >= 4 is 0 Å². The van der Waals surface area contributed by atoms with Crippen LogP contribution < -0.4 is 5.73 Å². The maximum atomic E-state index is 8.86. The standard InChI is InChI=1S/C9H17N3/c1-12(2)8-4-3-5-9(11,6-8)7-10/h8H,3-6,11H2,1-2H3. The van der Waals surface area contributed by atoms with Crippen LogP contribution in [-0.2, 0) is 0 Å². The van der Waals surface area contributed by atoms with Crippen LogP contribution in [0, 0.1) is 11.3 Å². The number of nitriles is 1. The predicted octanol–water partition coefficient (Wildman–Crippen LogP) is 0.712. The Balaban J connectivity index is 2.58. The fraction of sp³-hybridized carbons (Fsp3) is 0.889. The molecule has 0 saturated heterocycles. The van der Waals surface area contributed by atoms with Crippen molar-refractivity contribution < 1.29 is 0 Å². The van der Waals surface area contributed by atoms with Crippen LogP contribution in [0.1, 0.15) is 25.7 Å². The first-order chi connectivity index (χ1) is 5.57. The molecule has 3 heteroatoms. The summed E-state index contributed by atoms with van der Waals surface area (Å²) in [5.74, 6) is 0. The monoisotopic (exact) mass is 167 g/mol. The van der Waals surface area contributed by atoms with Crippen LogP contribution in [0.5, 0.6) is 0 Å². The second-order valence-corrected chi connectivity index (χ2v) is 3.98. The molecule has 2 atom stereocenters. The Bertz CT molecular complexity index is 194. The van der Waals surface area contributed by atoms with Gasteiger partial charge in [-0.25, -0.2) is 0 Å². The maximum absolute atomic E-state index is 8.86. The molecule has 0 aromatic rings. The highest BCUT2D eigenvalue weighted by molar-refractivity contribution is 5.08. The van der Waals surface area contributed by atoms with Gasteiger partial charge in [-0.2, -0.15) is 5.26 Å². The molecule has 0 radical (unpaired) electrons. The number of hydrogen-bond acceptors (Lipinski definition) is 3. The Morgan fingerprint density at radius 1 is 1.58 bits per heavy atom. The average molecular weight is 167 g/mol. The van der Waals surface area contributed by atoms with Gasteiger partial charge in [-0.1, -0.05) is 0 Å². The Morgan fingerprint density at radius 3 is 2.75 bits per heavy atom. The summed E-state index contributed by atoms with van der Waals surface area (Å²) < 4.78 is 0. The van der Waals surface area contributed by atoms with Crippen LogP contribution in [0.4, 0.5) is 0 Å². The van der Waals surface area contributed by atoms with Crippen molar-refractivity contribution in [1.82, 2.24) is 4.90 Å². The molecule has 1 saturated carbocycles. The van der Waals surface area contributed by atoms with E-state index in [9.17, 15) is 0 Å². The first-order valence-corrected chi connectivity index (χ1v) is 4.44. The van der Waals surface area contributed by atoms with Crippen LogP contribution >= 0.6 is 0 Å². The lowest BCUT2D eigenvalue weighted by molar-refractivity contribution is 0.189. The summed E-state index contributed by atoms with van der Waals surface area (Å²) in [5, 5.41) is 8.86. The van der Waals surface area contributed by atoms with E-state index in [1.807, 2.05) is 14.1 Å². The van der Waals surface area contributed by atoms with Gasteiger partial charge in [0.05, 0.1) is 6.07 Å². The molecular weight excluding hydrogens is 150 g/mol. The number of hydrogen-bond donors (Lipinski definition) is 1. The highest BCUT2D eigenvalue weighted by Gasteiger charge is 2.33. The van der Waals surface area contributed by atoms with E-state index < -0.39 is 5.54 Å². The Hall–Kier alpha value is -0.590. The van der Waals surface area contributed by atoms with Crippen molar-refractivity contribution in [3.05, 3.63) is 0 Å². The third-order valence-electron chi connectivity index (χ3n) is 2.71. The summed E-state index contributed by atoms with van der Waals surface area (Å²) >= 11 is 0. The summed E-state index contributed by atoms with van der Waals surface area (Å²) in [5.41, 5.74) is 5.34. The van der Waals surface area contributed by atoms with Gasteiger partial charge in [-0.3, -0.25) is 0 Å². The third-order valence-corrected chi connectivity index (χ3v) is 2.71. The van der Waals surface area contributed by atoms with Gasteiger partial charge in [0.1, 0.15) is 5.54 Å². The first-order valence-electron chi connectivity index (χ1n) is 4.44. The van der Waals surface area contributed by atoms with Crippen molar-refractivity contribution in [3.63, 3.8) is 0 Å². The van der Waals surface area contributed by atoms with Crippen LogP contribution in [-0.4, -0.2) is 30.6 Å². The maximum Gasteiger partial charge on any atom is 0.105 e. The van der Waals surface area contributed by atoms with E-state index in [0.717, 1.165) is 19.3 Å². The van der Waals surface area contributed by atoms with Crippen molar-refractivity contribution in [1.29, 1.82) is 5.26 Å². The number of nitrogens with zero attached hydrogens (tertiary/aromatic N) is 2. The average Bonchev–Trinajstić information content (AvgIpc) is 2.05. The highest BCUT2D eigenvalue weighted by atomic mass is 15.1. The van der Waals surface area contributed by atoms with E-state index in [0.29, 0.717) is 6.04 Å². The SMILES string of the molecule is CN(C)C1CCCC(N)(C#N)C1. The summed E-state index contributed by atoms with van der Waals surface area (Å²) in [6.45, 7) is 0. The summed E-state index contributed by atoms with van der Waals surface area (Å²) in [6.07, 6.45) is 3.92. The van der Waals surface area contributed by atoms with Gasteiger partial charge in [0.2, 0.25) is 0 Å². The molecule has 0 bridgehead atoms. The number of nitrogens with two attached hydrogens (primary N) is 1. The van der Waals surface area contributed by atoms with Gasteiger partial charge in [-0.15, -0.1) is 0 Å². The van der Waals surface area contributed by atoms with Gasteiger partial charge >= 0.3 is 0 Å². The van der Waals surface area contributed by atoms with Crippen LogP contribution in [0.15, 0.2) is 0 Å². The molecule has 12 heavy (non-hydrogen) atoms. The van der Waals surface area contributed by atoms with Crippen molar-refractivity contribution in [2.75, 3.05) is 14.1 Å². The molecule has 0 amide bonds. The quantitative estimate of drug-likeness (QED) is 0.626. The Kier molecular flexibility index (Phi) is 2.71. The van der Waals surface area contributed by atoms with Gasteiger partial charge in [0, 0.05) is 6.04 Å². The van der Waals surface area contributed by atoms with E-state index in [1.165, 1.54) is 6.42 Å². The van der Waals surface area contributed by atoms with Crippen LogP contribution in [0.25, 0.3) is 0 Å². The normalized spacial score (nSPS) is 36.4. The Morgan fingerprint density at radius 2 is 2.25 bits per heavy atom. The molecule has 3 nitrogen and oxygen atoms in total. The molecule has 2 unspecified atom stereocenters. The largest absolute Gasteiger partial charge is 0.313 e. The summed E-state index contributed by atoms with van der Waals surface area (Å²) in [6, 6.07) is 2.71. The van der Waals surface area contributed by atoms with Crippen molar-refractivity contribution in [2.45, 2.75) is 37.3 Å². The molecule has 1 aliphatic rings. The molecule has 68 valence electrons. The van der Waals surface area contributed by atoms with Crippen LogP contribution in [0.2, 0.25) is 0 Å². The van der Waals surface area contributed by atoms with Gasteiger partial charge in [0.25, 0.3) is 0 Å². The second-order valence-electron chi connectivity index (χ2n) is 3.98. The lowest BCUT2D eigenvalue weighted by Crippen LogP contribution is -2.48. The molecule has 0 spiro atoms. The lowest BCUT2D eigenvalue weighted by atomic mass is 9.80. The highest BCUT2D eigenvalue weighted by Crippen LogP contribution is 2.27. The molecule has 1 fully saturated rings. The molecule has 0 aliphatic heterocycles. The fourth-order valence-electron chi connectivity index (χ4n) is 1.82. The molecule has 0 aromatic heterocycles.